The Balaban J connectivity index is 1.79. The molecule has 0 radical (unpaired) electrons. The van der Waals surface area contributed by atoms with Gasteiger partial charge in [-0.25, -0.2) is 0 Å². The van der Waals surface area contributed by atoms with Gasteiger partial charge in [-0.3, -0.25) is 4.79 Å². The maximum Gasteiger partial charge on any atom is 0.162 e. The van der Waals surface area contributed by atoms with Crippen LogP contribution < -0.4 is 5.32 Å². The first-order valence-electron chi connectivity index (χ1n) is 9.03. The van der Waals surface area contributed by atoms with Crippen molar-refractivity contribution >= 4 is 17.4 Å². The van der Waals surface area contributed by atoms with Crippen molar-refractivity contribution in [3.05, 3.63) is 93.3 Å². The number of hydrogen-bond donors (Lipinski definition) is 1. The molecule has 1 N–H and O–H groups in total. The minimum atomic E-state index is -0.326. The summed E-state index contributed by atoms with van der Waals surface area (Å²) in [6, 6.07) is 19.9. The number of rotatable bonds is 2. The van der Waals surface area contributed by atoms with E-state index in [-0.39, 0.29) is 17.6 Å². The average molecular weight is 375 g/mol. The number of Topliss-reactive ketones (excluding diaryl/α,β-unsaturated/α-hetero) is 1. The summed E-state index contributed by atoms with van der Waals surface area (Å²) < 4.78 is 0. The summed E-state index contributed by atoms with van der Waals surface area (Å²) in [6.07, 6.45) is 1.23. The number of ketones is 1. The molecule has 2 aromatic carbocycles. The van der Waals surface area contributed by atoms with Gasteiger partial charge in [0.2, 0.25) is 0 Å². The smallest absolute Gasteiger partial charge is 0.162 e. The van der Waals surface area contributed by atoms with E-state index >= 15 is 0 Å². The molecule has 0 saturated heterocycles. The third-order valence-corrected chi connectivity index (χ3v) is 5.67. The van der Waals surface area contributed by atoms with Crippen LogP contribution in [0.15, 0.2) is 77.1 Å². The van der Waals surface area contributed by atoms with Gasteiger partial charge >= 0.3 is 0 Å². The molecule has 3 nitrogen and oxygen atoms in total. The molecule has 27 heavy (non-hydrogen) atoms. The van der Waals surface area contributed by atoms with Crippen molar-refractivity contribution in [2.45, 2.75) is 31.6 Å². The van der Waals surface area contributed by atoms with E-state index in [0.29, 0.717) is 17.0 Å². The molecule has 4 heteroatoms. The fourth-order valence-electron chi connectivity index (χ4n) is 4.14. The normalized spacial score (nSPS) is 22.2. The second kappa shape index (κ2) is 7.06. The fraction of sp³-hybridized carbons (Fsp3) is 0.217. The molecule has 0 unspecified atom stereocenters. The van der Waals surface area contributed by atoms with Crippen LogP contribution in [0, 0.1) is 11.3 Å². The Labute approximate surface area is 164 Å². The van der Waals surface area contributed by atoms with Crippen molar-refractivity contribution in [3.8, 4) is 6.07 Å². The number of allylic oxidation sites excluding steroid dienone is 4. The highest BCUT2D eigenvalue weighted by atomic mass is 35.5. The van der Waals surface area contributed by atoms with Gasteiger partial charge in [0.15, 0.2) is 5.78 Å². The molecule has 0 fully saturated rings. The predicted octanol–water partition coefficient (Wildman–Crippen LogP) is 5.23. The third-order valence-electron chi connectivity index (χ3n) is 5.42. The van der Waals surface area contributed by atoms with Crippen LogP contribution in [0.3, 0.4) is 0 Å². The molecule has 0 amide bonds. The zero-order chi connectivity index (χ0) is 19.0. The summed E-state index contributed by atoms with van der Waals surface area (Å²) in [4.78, 5) is 13.2. The van der Waals surface area contributed by atoms with Crippen LogP contribution in [0.25, 0.3) is 0 Å². The molecule has 1 aliphatic carbocycles. The molecule has 0 spiro atoms. The van der Waals surface area contributed by atoms with Gasteiger partial charge in [0, 0.05) is 28.4 Å². The van der Waals surface area contributed by atoms with Gasteiger partial charge in [0.05, 0.1) is 17.6 Å². The Bertz CT molecular complexity index is 997. The second-order valence-corrected chi connectivity index (χ2v) is 7.53. The van der Waals surface area contributed by atoms with Gasteiger partial charge in [-0.1, -0.05) is 54.1 Å². The first-order valence-corrected chi connectivity index (χ1v) is 9.41. The number of carbonyl (C=O) groups excluding carboxylic acids is 1. The molecule has 1 heterocycles. The van der Waals surface area contributed by atoms with Crippen LogP contribution in [-0.4, -0.2) is 5.78 Å². The molecule has 1 aliphatic heterocycles. The summed E-state index contributed by atoms with van der Waals surface area (Å²) in [5, 5.41) is 13.7. The highest BCUT2D eigenvalue weighted by Gasteiger charge is 2.38. The number of benzene rings is 2. The Hall–Kier alpha value is -2.83. The van der Waals surface area contributed by atoms with E-state index in [4.69, 9.17) is 11.6 Å². The van der Waals surface area contributed by atoms with Crippen LogP contribution in [0.5, 0.6) is 0 Å². The van der Waals surface area contributed by atoms with Crippen LogP contribution in [0.1, 0.15) is 42.7 Å². The molecule has 134 valence electrons. The van der Waals surface area contributed by atoms with Gasteiger partial charge in [-0.15, -0.1) is 0 Å². The molecule has 0 saturated carbocycles. The Kier molecular flexibility index (Phi) is 4.59. The van der Waals surface area contributed by atoms with Gasteiger partial charge in [0.1, 0.15) is 0 Å². The van der Waals surface area contributed by atoms with Gasteiger partial charge in [0.25, 0.3) is 0 Å². The van der Waals surface area contributed by atoms with Crippen LogP contribution in [0.4, 0.5) is 0 Å². The maximum absolute atomic E-state index is 13.2. The van der Waals surface area contributed by atoms with E-state index in [1.54, 1.807) is 0 Å². The minimum Gasteiger partial charge on any atom is -0.361 e. The lowest BCUT2D eigenvalue weighted by atomic mass is 9.72. The molecule has 2 aromatic rings. The van der Waals surface area contributed by atoms with E-state index in [9.17, 15) is 10.1 Å². The number of nitrogens with zero attached hydrogens (tertiary/aromatic N) is 1. The topological polar surface area (TPSA) is 52.9 Å². The monoisotopic (exact) mass is 374 g/mol. The first kappa shape index (κ1) is 17.6. The van der Waals surface area contributed by atoms with Crippen molar-refractivity contribution in [3.63, 3.8) is 0 Å². The second-order valence-electron chi connectivity index (χ2n) is 7.09. The highest BCUT2D eigenvalue weighted by Crippen LogP contribution is 2.45. The van der Waals surface area contributed by atoms with Crippen molar-refractivity contribution in [1.29, 1.82) is 5.26 Å². The maximum atomic E-state index is 13.2. The summed E-state index contributed by atoms with van der Waals surface area (Å²) in [5.74, 6) is -0.0576. The number of halogens is 1. The lowest BCUT2D eigenvalue weighted by Gasteiger charge is -2.35. The first-order chi connectivity index (χ1) is 13.1. The van der Waals surface area contributed by atoms with E-state index in [1.807, 2.05) is 49.4 Å². The van der Waals surface area contributed by atoms with Crippen molar-refractivity contribution in [1.82, 2.24) is 5.32 Å². The zero-order valence-electron chi connectivity index (χ0n) is 15.0. The standard InChI is InChI=1S/C23H19ClN2O/c1-14-19(13-25)22(16-7-9-18(24)10-8-16)23-20(26-14)11-17(12-21(23)27)15-5-3-2-4-6-15/h2-10,17,22,26H,11-12H2,1H3/t17-,22-/m0/s1. The summed E-state index contributed by atoms with van der Waals surface area (Å²) in [6.45, 7) is 1.90. The van der Waals surface area contributed by atoms with E-state index in [2.05, 4.69) is 23.5 Å². The Morgan fingerprint density at radius 2 is 1.74 bits per heavy atom. The number of hydrogen-bond acceptors (Lipinski definition) is 3. The molecule has 4 rings (SSSR count). The number of dihydropyridines is 1. The summed E-state index contributed by atoms with van der Waals surface area (Å²) in [5.41, 5.74) is 5.19. The van der Waals surface area contributed by atoms with Gasteiger partial charge in [-0.2, -0.15) is 5.26 Å². The van der Waals surface area contributed by atoms with Crippen molar-refractivity contribution < 1.29 is 4.79 Å². The molecule has 2 atom stereocenters. The Morgan fingerprint density at radius 3 is 2.41 bits per heavy atom. The lowest BCUT2D eigenvalue weighted by Crippen LogP contribution is -2.33. The molecular formula is C23H19ClN2O. The van der Waals surface area contributed by atoms with E-state index in [1.165, 1.54) is 5.56 Å². The Morgan fingerprint density at radius 1 is 1.04 bits per heavy atom. The SMILES string of the molecule is CC1=C(C#N)[C@H](c2ccc(Cl)cc2)C2=C(C[C@H](c3ccccc3)CC2=O)N1. The van der Waals surface area contributed by atoms with Gasteiger partial charge in [-0.05, 0) is 42.5 Å². The fourth-order valence-corrected chi connectivity index (χ4v) is 4.26. The quantitative estimate of drug-likeness (QED) is 0.783. The molecular weight excluding hydrogens is 356 g/mol. The molecule has 2 aliphatic rings. The minimum absolute atomic E-state index is 0.109. The average Bonchev–Trinajstić information content (AvgIpc) is 2.68. The highest BCUT2D eigenvalue weighted by molar-refractivity contribution is 6.30. The van der Waals surface area contributed by atoms with Crippen molar-refractivity contribution in [2.75, 3.05) is 0 Å². The van der Waals surface area contributed by atoms with E-state index in [0.717, 1.165) is 29.0 Å². The summed E-state index contributed by atoms with van der Waals surface area (Å²) >= 11 is 6.03. The van der Waals surface area contributed by atoms with E-state index < -0.39 is 0 Å². The number of nitriles is 1. The largest absolute Gasteiger partial charge is 0.361 e. The van der Waals surface area contributed by atoms with Crippen LogP contribution >= 0.6 is 11.6 Å². The third kappa shape index (κ3) is 3.18. The number of carbonyl (C=O) groups is 1. The summed E-state index contributed by atoms with van der Waals surface area (Å²) in [7, 11) is 0. The zero-order valence-corrected chi connectivity index (χ0v) is 15.8. The van der Waals surface area contributed by atoms with Gasteiger partial charge < -0.3 is 5.32 Å². The van der Waals surface area contributed by atoms with Crippen LogP contribution in [0.2, 0.25) is 5.02 Å². The van der Waals surface area contributed by atoms with Crippen LogP contribution in [-0.2, 0) is 4.79 Å². The molecule has 0 aromatic heterocycles. The molecule has 0 bridgehead atoms. The van der Waals surface area contributed by atoms with Crippen molar-refractivity contribution in [2.24, 2.45) is 0 Å². The number of nitrogens with one attached hydrogen (secondary N) is 1. The lowest BCUT2D eigenvalue weighted by molar-refractivity contribution is -0.116. The predicted molar refractivity (Wildman–Crippen MR) is 106 cm³/mol.